The Morgan fingerprint density at radius 1 is 1.17 bits per heavy atom. The summed E-state index contributed by atoms with van der Waals surface area (Å²) >= 11 is 0. The molecule has 0 unspecified atom stereocenters. The van der Waals surface area contributed by atoms with Crippen molar-refractivity contribution in [3.05, 3.63) is 48.0 Å². The van der Waals surface area contributed by atoms with E-state index < -0.39 is 18.8 Å². The predicted octanol–water partition coefficient (Wildman–Crippen LogP) is 5.22. The summed E-state index contributed by atoms with van der Waals surface area (Å²) in [5, 5.41) is 12.0. The number of piperidine rings is 1. The number of aromatic nitrogens is 2. The third-order valence-corrected chi connectivity index (χ3v) is 7.19. The third-order valence-electron chi connectivity index (χ3n) is 5.31. The van der Waals surface area contributed by atoms with E-state index in [0.29, 0.717) is 30.8 Å². The van der Waals surface area contributed by atoms with Gasteiger partial charge in [0.15, 0.2) is 0 Å². The Hall–Kier alpha value is -1.66. The zero-order valence-corrected chi connectivity index (χ0v) is 19.0. The van der Waals surface area contributed by atoms with Gasteiger partial charge >= 0.3 is 7.75 Å². The molecule has 1 aromatic carbocycles. The lowest BCUT2D eigenvalue weighted by Gasteiger charge is -2.51. The van der Waals surface area contributed by atoms with E-state index in [0.717, 1.165) is 5.69 Å². The van der Waals surface area contributed by atoms with E-state index in [1.807, 2.05) is 59.7 Å². The van der Waals surface area contributed by atoms with Crippen molar-refractivity contribution in [2.45, 2.75) is 78.0 Å². The molecule has 0 saturated carbocycles. The highest BCUT2D eigenvalue weighted by atomic mass is 31.2. The molecule has 160 valence electrons. The molecule has 1 aliphatic rings. The highest BCUT2D eigenvalue weighted by Crippen LogP contribution is 2.54. The molecule has 2 aromatic rings. The van der Waals surface area contributed by atoms with Crippen LogP contribution in [0.1, 0.15) is 59.0 Å². The number of para-hydroxylation sites is 1. The standard InChI is InChI=1S/C21H32N3O4P/c1-7-19-22-16(2)15-23(19)29(26,27-17-11-9-8-10-12-17)28-18-13-20(3,4)24(25)21(5,6)14-18/h8-12,15,18,25H,7,13-14H2,1-6H3/t29-/m0/s1. The van der Waals surface area contributed by atoms with E-state index in [1.165, 1.54) is 5.06 Å². The predicted molar refractivity (Wildman–Crippen MR) is 112 cm³/mol. The Kier molecular flexibility index (Phi) is 5.98. The van der Waals surface area contributed by atoms with Gasteiger partial charge in [-0.05, 0) is 59.6 Å². The topological polar surface area (TPSA) is 76.8 Å². The van der Waals surface area contributed by atoms with Gasteiger partial charge in [-0.15, -0.1) is 0 Å². The lowest BCUT2D eigenvalue weighted by molar-refractivity contribution is -0.255. The number of benzene rings is 1. The van der Waals surface area contributed by atoms with E-state index >= 15 is 0 Å². The maximum atomic E-state index is 14.2. The van der Waals surface area contributed by atoms with Crippen LogP contribution in [0.2, 0.25) is 0 Å². The summed E-state index contributed by atoms with van der Waals surface area (Å²) in [6.07, 6.45) is 3.00. The number of imidazole rings is 1. The Labute approximate surface area is 173 Å². The molecule has 8 heteroatoms. The number of hydroxylamine groups is 2. The lowest BCUT2D eigenvalue weighted by atomic mass is 9.80. The van der Waals surface area contributed by atoms with Gasteiger partial charge in [0.25, 0.3) is 0 Å². The van der Waals surface area contributed by atoms with Gasteiger partial charge in [-0.3, -0.25) is 4.52 Å². The average Bonchev–Trinajstić information content (AvgIpc) is 3.02. The second-order valence-electron chi connectivity index (χ2n) is 8.94. The van der Waals surface area contributed by atoms with Crippen LogP contribution in [-0.4, -0.2) is 36.8 Å². The molecule has 1 aromatic heterocycles. The van der Waals surface area contributed by atoms with Crippen LogP contribution in [0.5, 0.6) is 5.75 Å². The first-order valence-electron chi connectivity index (χ1n) is 10.0. The monoisotopic (exact) mass is 421 g/mol. The molecule has 0 radical (unpaired) electrons. The molecule has 1 fully saturated rings. The molecule has 1 N–H and O–H groups in total. The van der Waals surface area contributed by atoms with E-state index in [2.05, 4.69) is 4.98 Å². The second-order valence-corrected chi connectivity index (χ2v) is 10.7. The maximum Gasteiger partial charge on any atom is 0.494 e. The first-order valence-corrected chi connectivity index (χ1v) is 11.5. The first-order chi connectivity index (χ1) is 13.5. The molecule has 0 aliphatic carbocycles. The van der Waals surface area contributed by atoms with Crippen molar-refractivity contribution in [3.63, 3.8) is 0 Å². The summed E-state index contributed by atoms with van der Waals surface area (Å²) in [4.78, 5) is 4.48. The van der Waals surface area contributed by atoms with E-state index in [9.17, 15) is 9.77 Å². The highest BCUT2D eigenvalue weighted by Gasteiger charge is 2.48. The molecule has 2 heterocycles. The average molecular weight is 421 g/mol. The van der Waals surface area contributed by atoms with Gasteiger partial charge in [-0.2, -0.15) is 5.06 Å². The van der Waals surface area contributed by atoms with Crippen LogP contribution >= 0.6 is 7.75 Å². The van der Waals surface area contributed by atoms with Crippen molar-refractivity contribution in [2.75, 3.05) is 0 Å². The van der Waals surface area contributed by atoms with Gasteiger partial charge in [0, 0.05) is 23.7 Å². The minimum atomic E-state index is -3.77. The van der Waals surface area contributed by atoms with Crippen molar-refractivity contribution in [1.29, 1.82) is 0 Å². The highest BCUT2D eigenvalue weighted by molar-refractivity contribution is 7.52. The molecule has 1 aliphatic heterocycles. The van der Waals surface area contributed by atoms with Gasteiger partial charge in [0.05, 0.1) is 11.8 Å². The smallest absolute Gasteiger partial charge is 0.409 e. The fraction of sp³-hybridized carbons (Fsp3) is 0.571. The first kappa shape index (κ1) is 22.0. The lowest BCUT2D eigenvalue weighted by Crippen LogP contribution is -2.60. The van der Waals surface area contributed by atoms with Crippen molar-refractivity contribution in [1.82, 2.24) is 14.4 Å². The van der Waals surface area contributed by atoms with Crippen LogP contribution < -0.4 is 4.52 Å². The van der Waals surface area contributed by atoms with Gasteiger partial charge in [0.1, 0.15) is 11.6 Å². The molecule has 3 rings (SSSR count). The van der Waals surface area contributed by atoms with E-state index in [-0.39, 0.29) is 6.10 Å². The molecular weight excluding hydrogens is 389 g/mol. The summed E-state index contributed by atoms with van der Waals surface area (Å²) in [7, 11) is -3.77. The number of rotatable bonds is 6. The minimum Gasteiger partial charge on any atom is -0.409 e. The molecule has 1 saturated heterocycles. The van der Waals surface area contributed by atoms with Gasteiger partial charge in [-0.1, -0.05) is 25.1 Å². The van der Waals surface area contributed by atoms with Crippen molar-refractivity contribution < 1.29 is 18.8 Å². The van der Waals surface area contributed by atoms with Crippen molar-refractivity contribution in [2.24, 2.45) is 0 Å². The minimum absolute atomic E-state index is 0.356. The largest absolute Gasteiger partial charge is 0.494 e. The van der Waals surface area contributed by atoms with Crippen LogP contribution in [0.25, 0.3) is 0 Å². The SMILES string of the molecule is CCc1nc(C)cn1[P@](=O)(Oc1ccccc1)OC1CC(C)(C)N(O)C(C)(C)C1. The summed E-state index contributed by atoms with van der Waals surface area (Å²) in [6.45, 7) is 11.6. The molecule has 0 spiro atoms. The third kappa shape index (κ3) is 4.58. The zero-order valence-electron chi connectivity index (χ0n) is 18.1. The Morgan fingerprint density at radius 2 is 1.76 bits per heavy atom. The fourth-order valence-corrected chi connectivity index (χ4v) is 6.08. The van der Waals surface area contributed by atoms with Crippen molar-refractivity contribution >= 4 is 7.75 Å². The van der Waals surface area contributed by atoms with Crippen LogP contribution in [0.15, 0.2) is 36.5 Å². The number of nitrogens with zero attached hydrogens (tertiary/aromatic N) is 3. The van der Waals surface area contributed by atoms with Crippen LogP contribution in [0.4, 0.5) is 0 Å². The Morgan fingerprint density at radius 3 is 2.31 bits per heavy atom. The van der Waals surface area contributed by atoms with Crippen LogP contribution in [0.3, 0.4) is 0 Å². The van der Waals surface area contributed by atoms with E-state index in [1.54, 1.807) is 22.7 Å². The maximum absolute atomic E-state index is 14.2. The quantitative estimate of drug-likeness (QED) is 0.645. The molecule has 0 amide bonds. The van der Waals surface area contributed by atoms with Gasteiger partial charge in [0.2, 0.25) is 0 Å². The molecule has 1 atom stereocenters. The number of aryl methyl sites for hydroxylation is 2. The number of hydrogen-bond acceptors (Lipinski definition) is 6. The fourth-order valence-electron chi connectivity index (χ4n) is 4.16. The normalized spacial score (nSPS) is 21.6. The van der Waals surface area contributed by atoms with Crippen molar-refractivity contribution in [3.8, 4) is 5.75 Å². The Balaban J connectivity index is 1.99. The molecule has 29 heavy (non-hydrogen) atoms. The summed E-state index contributed by atoms with van der Waals surface area (Å²) < 4.78 is 28.0. The number of hydrogen-bond donors (Lipinski definition) is 1. The van der Waals surface area contributed by atoms with Gasteiger partial charge in [-0.25, -0.2) is 13.9 Å². The summed E-state index contributed by atoms with van der Waals surface area (Å²) in [5.74, 6) is 1.13. The van der Waals surface area contributed by atoms with Gasteiger partial charge < -0.3 is 9.73 Å². The molecule has 7 nitrogen and oxygen atoms in total. The summed E-state index contributed by atoms with van der Waals surface area (Å²) in [6, 6.07) is 9.05. The van der Waals surface area contributed by atoms with Crippen LogP contribution in [0, 0.1) is 6.92 Å². The van der Waals surface area contributed by atoms with E-state index in [4.69, 9.17) is 9.05 Å². The molecule has 0 bridgehead atoms. The Bertz CT molecular complexity index is 877. The second kappa shape index (κ2) is 7.88. The van der Waals surface area contributed by atoms with Crippen LogP contribution in [-0.2, 0) is 15.5 Å². The summed E-state index contributed by atoms with van der Waals surface area (Å²) in [5.41, 5.74) is -0.293. The molecular formula is C21H32N3O4P. The zero-order chi connectivity index (χ0) is 21.4.